The van der Waals surface area contributed by atoms with Crippen LogP contribution in [0.4, 0.5) is 0 Å². The predicted molar refractivity (Wildman–Crippen MR) is 61.6 cm³/mol. The largest absolute Gasteiger partial charge is 0.481 e. The zero-order chi connectivity index (χ0) is 12.9. The summed E-state index contributed by atoms with van der Waals surface area (Å²) in [5, 5.41) is 11.7. The average molecular weight is 225 g/mol. The highest BCUT2D eigenvalue weighted by Gasteiger charge is 2.38. The van der Waals surface area contributed by atoms with Gasteiger partial charge < -0.3 is 10.4 Å². The molecule has 0 saturated carbocycles. The van der Waals surface area contributed by atoms with Gasteiger partial charge in [-0.1, -0.05) is 19.8 Å². The Balaban J connectivity index is 4.62. The van der Waals surface area contributed by atoms with E-state index in [0.717, 1.165) is 0 Å². The van der Waals surface area contributed by atoms with Crippen LogP contribution in [-0.4, -0.2) is 23.0 Å². The van der Waals surface area contributed by atoms with Crippen LogP contribution in [0, 0.1) is 23.7 Å². The molecule has 0 aliphatic heterocycles. The van der Waals surface area contributed by atoms with Gasteiger partial charge in [-0.15, -0.1) is 6.42 Å². The van der Waals surface area contributed by atoms with Crippen molar-refractivity contribution in [3.63, 3.8) is 0 Å². The molecule has 16 heavy (non-hydrogen) atoms. The number of hydrogen-bond donors (Lipinski definition) is 2. The van der Waals surface area contributed by atoms with Crippen molar-refractivity contribution in [1.29, 1.82) is 0 Å². The lowest BCUT2D eigenvalue weighted by Gasteiger charge is -2.28. The second kappa shape index (κ2) is 5.55. The van der Waals surface area contributed by atoms with Gasteiger partial charge in [-0.3, -0.25) is 9.59 Å². The quantitative estimate of drug-likeness (QED) is 0.692. The van der Waals surface area contributed by atoms with Crippen LogP contribution < -0.4 is 5.32 Å². The number of carboxylic acid groups (broad SMARTS) is 1. The number of carboxylic acids is 1. The fraction of sp³-hybridized carbons (Fsp3) is 0.667. The lowest BCUT2D eigenvalue weighted by atomic mass is 9.76. The first kappa shape index (κ1) is 14.5. The normalized spacial score (nSPS) is 16.0. The fourth-order valence-electron chi connectivity index (χ4n) is 1.19. The first-order valence-corrected chi connectivity index (χ1v) is 5.23. The van der Waals surface area contributed by atoms with Crippen molar-refractivity contribution in [2.75, 3.05) is 0 Å². The molecule has 0 fully saturated rings. The number of terminal acetylenes is 1. The standard InChI is InChI=1S/C12H19NO3/c1-6-9(4)13-10(14)7-12(5,8(2)3)11(15)16/h1,8-9H,7H2,2-5H3,(H,13,14)(H,15,16). The monoisotopic (exact) mass is 225 g/mol. The van der Waals surface area contributed by atoms with Crippen molar-refractivity contribution in [2.45, 2.75) is 40.2 Å². The van der Waals surface area contributed by atoms with E-state index in [1.165, 1.54) is 0 Å². The maximum Gasteiger partial charge on any atom is 0.310 e. The molecule has 0 aliphatic carbocycles. The van der Waals surface area contributed by atoms with Gasteiger partial charge in [0.15, 0.2) is 0 Å². The fourth-order valence-corrected chi connectivity index (χ4v) is 1.19. The summed E-state index contributed by atoms with van der Waals surface area (Å²) < 4.78 is 0. The smallest absolute Gasteiger partial charge is 0.310 e. The molecule has 0 aromatic carbocycles. The van der Waals surface area contributed by atoms with Crippen LogP contribution in [0.2, 0.25) is 0 Å². The SMILES string of the molecule is C#CC(C)NC(=O)CC(C)(C(=O)O)C(C)C. The highest BCUT2D eigenvalue weighted by Crippen LogP contribution is 2.31. The zero-order valence-corrected chi connectivity index (χ0v) is 10.2. The van der Waals surface area contributed by atoms with E-state index < -0.39 is 11.4 Å². The van der Waals surface area contributed by atoms with E-state index in [4.69, 9.17) is 11.5 Å². The average Bonchev–Trinajstić information content (AvgIpc) is 2.16. The Morgan fingerprint density at radius 3 is 2.25 bits per heavy atom. The summed E-state index contributed by atoms with van der Waals surface area (Å²) in [7, 11) is 0. The van der Waals surface area contributed by atoms with Gasteiger partial charge in [0.25, 0.3) is 0 Å². The van der Waals surface area contributed by atoms with Crippen molar-refractivity contribution in [3.05, 3.63) is 0 Å². The van der Waals surface area contributed by atoms with Crippen LogP contribution in [0.5, 0.6) is 0 Å². The summed E-state index contributed by atoms with van der Waals surface area (Å²) in [6, 6.07) is -0.377. The molecule has 4 nitrogen and oxygen atoms in total. The molecule has 0 heterocycles. The molecule has 2 atom stereocenters. The van der Waals surface area contributed by atoms with Gasteiger partial charge in [-0.2, -0.15) is 0 Å². The Labute approximate surface area is 96.4 Å². The minimum Gasteiger partial charge on any atom is -0.481 e. The van der Waals surface area contributed by atoms with E-state index >= 15 is 0 Å². The number of hydrogen-bond acceptors (Lipinski definition) is 2. The number of aliphatic carboxylic acids is 1. The van der Waals surface area contributed by atoms with Gasteiger partial charge in [0.1, 0.15) is 0 Å². The Hall–Kier alpha value is -1.50. The molecule has 2 N–H and O–H groups in total. The molecule has 0 spiro atoms. The molecule has 1 amide bonds. The molecule has 2 unspecified atom stereocenters. The zero-order valence-electron chi connectivity index (χ0n) is 10.2. The van der Waals surface area contributed by atoms with Crippen LogP contribution in [0.15, 0.2) is 0 Å². The second-order valence-corrected chi connectivity index (χ2v) is 4.51. The second-order valence-electron chi connectivity index (χ2n) is 4.51. The molecule has 0 aromatic heterocycles. The van der Waals surface area contributed by atoms with Gasteiger partial charge in [0, 0.05) is 6.42 Å². The highest BCUT2D eigenvalue weighted by molar-refractivity contribution is 5.85. The van der Waals surface area contributed by atoms with E-state index in [-0.39, 0.29) is 24.3 Å². The van der Waals surface area contributed by atoms with E-state index in [0.29, 0.717) is 0 Å². The molecular weight excluding hydrogens is 206 g/mol. The summed E-state index contributed by atoms with van der Waals surface area (Å²) >= 11 is 0. The van der Waals surface area contributed by atoms with Gasteiger partial charge in [-0.25, -0.2) is 0 Å². The molecule has 4 heteroatoms. The first-order valence-electron chi connectivity index (χ1n) is 5.23. The van der Waals surface area contributed by atoms with Crippen molar-refractivity contribution < 1.29 is 14.7 Å². The summed E-state index contributed by atoms with van der Waals surface area (Å²) in [5.74, 6) is 0.937. The highest BCUT2D eigenvalue weighted by atomic mass is 16.4. The third kappa shape index (κ3) is 3.58. The number of amides is 1. The maximum atomic E-state index is 11.6. The van der Waals surface area contributed by atoms with Gasteiger partial charge >= 0.3 is 5.97 Å². The third-order valence-corrected chi connectivity index (χ3v) is 2.92. The van der Waals surface area contributed by atoms with Gasteiger partial charge in [0.05, 0.1) is 11.5 Å². The van der Waals surface area contributed by atoms with Gasteiger partial charge in [0.2, 0.25) is 5.91 Å². The maximum absolute atomic E-state index is 11.6. The first-order chi connectivity index (χ1) is 7.24. The van der Waals surface area contributed by atoms with Crippen LogP contribution >= 0.6 is 0 Å². The molecule has 0 radical (unpaired) electrons. The minimum atomic E-state index is -1.06. The molecule has 0 bridgehead atoms. The summed E-state index contributed by atoms with van der Waals surface area (Å²) in [6.07, 6.45) is 5.06. The van der Waals surface area contributed by atoms with Crippen molar-refractivity contribution in [3.8, 4) is 12.3 Å². The predicted octanol–water partition coefficient (Wildman–Crippen LogP) is 1.26. The molecule has 90 valence electrons. The Morgan fingerprint density at radius 1 is 1.44 bits per heavy atom. The Morgan fingerprint density at radius 2 is 1.94 bits per heavy atom. The topological polar surface area (TPSA) is 66.4 Å². The lowest BCUT2D eigenvalue weighted by Crippen LogP contribution is -2.41. The van der Waals surface area contributed by atoms with Crippen LogP contribution in [0.3, 0.4) is 0 Å². The molecule has 0 saturated heterocycles. The van der Waals surface area contributed by atoms with Crippen molar-refractivity contribution >= 4 is 11.9 Å². The Kier molecular flexibility index (Phi) is 5.03. The van der Waals surface area contributed by atoms with Crippen molar-refractivity contribution in [1.82, 2.24) is 5.32 Å². The molecule has 0 rings (SSSR count). The summed E-state index contributed by atoms with van der Waals surface area (Å²) in [6.45, 7) is 6.81. The minimum absolute atomic E-state index is 0.0635. The number of rotatable bonds is 5. The summed E-state index contributed by atoms with van der Waals surface area (Å²) in [4.78, 5) is 22.7. The Bertz CT molecular complexity index is 317. The molecular formula is C12H19NO3. The number of carbonyl (C=O) groups excluding carboxylic acids is 1. The van der Waals surface area contributed by atoms with E-state index in [1.807, 2.05) is 0 Å². The van der Waals surface area contributed by atoms with Crippen LogP contribution in [-0.2, 0) is 9.59 Å². The van der Waals surface area contributed by atoms with Crippen LogP contribution in [0.1, 0.15) is 34.1 Å². The van der Waals surface area contributed by atoms with Crippen LogP contribution in [0.25, 0.3) is 0 Å². The van der Waals surface area contributed by atoms with E-state index in [9.17, 15) is 9.59 Å². The van der Waals surface area contributed by atoms with E-state index in [2.05, 4.69) is 11.2 Å². The summed E-state index contributed by atoms with van der Waals surface area (Å²) in [5.41, 5.74) is -1.06. The molecule has 0 aromatic rings. The van der Waals surface area contributed by atoms with Crippen molar-refractivity contribution in [2.24, 2.45) is 11.3 Å². The van der Waals surface area contributed by atoms with Gasteiger partial charge in [-0.05, 0) is 19.8 Å². The lowest BCUT2D eigenvalue weighted by molar-refractivity contribution is -0.153. The number of carbonyl (C=O) groups is 2. The molecule has 0 aliphatic rings. The number of nitrogens with one attached hydrogen (secondary N) is 1. The third-order valence-electron chi connectivity index (χ3n) is 2.92. The van der Waals surface area contributed by atoms with E-state index in [1.54, 1.807) is 27.7 Å².